The highest BCUT2D eigenvalue weighted by Gasteiger charge is 2.14. The molecule has 0 radical (unpaired) electrons. The Balaban J connectivity index is 3.12. The molecule has 1 rings (SSSR count). The summed E-state index contributed by atoms with van der Waals surface area (Å²) in [7, 11) is 1.30. The number of carbonyl (C=O) groups is 2. The van der Waals surface area contributed by atoms with Gasteiger partial charge >= 0.3 is 5.97 Å². The molecule has 0 atom stereocenters. The fraction of sp³-hybridized carbons (Fsp3) is 0.333. The molecule has 1 aromatic rings. The largest absolute Gasteiger partial charge is 0.465 e. The van der Waals surface area contributed by atoms with Crippen molar-refractivity contribution in [3.63, 3.8) is 0 Å². The van der Waals surface area contributed by atoms with Crippen LogP contribution in [0.5, 0.6) is 0 Å². The van der Waals surface area contributed by atoms with Crippen LogP contribution in [0.3, 0.4) is 0 Å². The van der Waals surface area contributed by atoms with E-state index in [2.05, 4.69) is 4.74 Å². The molecule has 1 amide bonds. The lowest BCUT2D eigenvalue weighted by atomic mass is 10.1. The molecule has 0 aliphatic heterocycles. The van der Waals surface area contributed by atoms with Crippen LogP contribution < -0.4 is 16.4 Å². The van der Waals surface area contributed by atoms with Crippen LogP contribution in [0.25, 0.3) is 0 Å². The smallest absolute Gasteiger partial charge is 0.337 e. The number of amides is 1. The number of esters is 1. The summed E-state index contributed by atoms with van der Waals surface area (Å²) in [5.41, 5.74) is 12.5. The van der Waals surface area contributed by atoms with Gasteiger partial charge in [-0.25, -0.2) is 4.79 Å². The molecule has 0 saturated carbocycles. The molecule has 6 nitrogen and oxygen atoms in total. The van der Waals surface area contributed by atoms with Gasteiger partial charge in [0, 0.05) is 6.54 Å². The molecule has 0 aromatic heterocycles. The molecule has 98 valence electrons. The summed E-state index contributed by atoms with van der Waals surface area (Å²) in [5.74, 6) is -0.911. The van der Waals surface area contributed by atoms with Crippen LogP contribution in [0.2, 0.25) is 0 Å². The predicted molar refractivity (Wildman–Crippen MR) is 69.3 cm³/mol. The molecule has 1 aromatic carbocycles. The number of benzene rings is 1. The van der Waals surface area contributed by atoms with Crippen LogP contribution in [0.4, 0.5) is 11.4 Å². The van der Waals surface area contributed by atoms with Crippen molar-refractivity contribution in [3.8, 4) is 0 Å². The first-order valence-corrected chi connectivity index (χ1v) is 5.50. The first-order chi connectivity index (χ1) is 8.49. The molecule has 0 bridgehead atoms. The predicted octanol–water partition coefficient (Wildman–Crippen LogP) is 0.367. The summed E-state index contributed by atoms with van der Waals surface area (Å²) < 4.78 is 4.64. The number of ether oxygens (including phenoxy) is 1. The number of nitrogens with two attached hydrogens (primary N) is 2. The second kappa shape index (κ2) is 5.90. The standard InChI is InChI=1S/C12H17N3O3/c1-3-15(7-11(14)16)10-6-8(12(17)18-2)4-5-9(10)13/h4-6H,3,7,13H2,1-2H3,(H2,14,16). The summed E-state index contributed by atoms with van der Waals surface area (Å²) in [6.07, 6.45) is 0. The number of carbonyl (C=O) groups excluding carboxylic acids is 2. The third-order valence-electron chi connectivity index (χ3n) is 2.52. The Labute approximate surface area is 105 Å². The van der Waals surface area contributed by atoms with E-state index in [4.69, 9.17) is 11.5 Å². The van der Waals surface area contributed by atoms with Gasteiger partial charge < -0.3 is 21.1 Å². The molecule has 0 unspecified atom stereocenters. The van der Waals surface area contributed by atoms with Crippen LogP contribution in [0.15, 0.2) is 18.2 Å². The Bertz CT molecular complexity index is 460. The van der Waals surface area contributed by atoms with Crippen molar-refractivity contribution in [1.82, 2.24) is 0 Å². The van der Waals surface area contributed by atoms with Crippen LogP contribution in [-0.4, -0.2) is 32.1 Å². The number of rotatable bonds is 5. The zero-order valence-electron chi connectivity index (χ0n) is 10.5. The first kappa shape index (κ1) is 13.8. The highest BCUT2D eigenvalue weighted by atomic mass is 16.5. The zero-order valence-corrected chi connectivity index (χ0v) is 10.5. The van der Waals surface area contributed by atoms with Gasteiger partial charge in [0.1, 0.15) is 0 Å². The van der Waals surface area contributed by atoms with E-state index in [1.165, 1.54) is 7.11 Å². The number of hydrogen-bond acceptors (Lipinski definition) is 5. The van der Waals surface area contributed by atoms with Gasteiger partial charge in [-0.2, -0.15) is 0 Å². The monoisotopic (exact) mass is 251 g/mol. The van der Waals surface area contributed by atoms with Crippen LogP contribution in [-0.2, 0) is 9.53 Å². The molecule has 0 fully saturated rings. The number of nitrogen functional groups attached to an aromatic ring is 1. The average Bonchev–Trinajstić information content (AvgIpc) is 2.35. The van der Waals surface area contributed by atoms with E-state index in [-0.39, 0.29) is 6.54 Å². The lowest BCUT2D eigenvalue weighted by molar-refractivity contribution is -0.116. The van der Waals surface area contributed by atoms with Crippen molar-refractivity contribution in [3.05, 3.63) is 23.8 Å². The van der Waals surface area contributed by atoms with Gasteiger partial charge in [-0.05, 0) is 25.1 Å². The lowest BCUT2D eigenvalue weighted by Gasteiger charge is -2.23. The van der Waals surface area contributed by atoms with Gasteiger partial charge in [-0.3, -0.25) is 4.79 Å². The van der Waals surface area contributed by atoms with Crippen molar-refractivity contribution in [2.75, 3.05) is 30.8 Å². The molecule has 0 spiro atoms. The van der Waals surface area contributed by atoms with Gasteiger partial charge in [-0.1, -0.05) is 0 Å². The lowest BCUT2D eigenvalue weighted by Crippen LogP contribution is -2.34. The van der Waals surface area contributed by atoms with E-state index in [9.17, 15) is 9.59 Å². The molecule has 6 heteroatoms. The minimum atomic E-state index is -0.459. The highest BCUT2D eigenvalue weighted by Crippen LogP contribution is 2.24. The molecular formula is C12H17N3O3. The van der Waals surface area contributed by atoms with Gasteiger partial charge in [-0.15, -0.1) is 0 Å². The van der Waals surface area contributed by atoms with Crippen LogP contribution in [0.1, 0.15) is 17.3 Å². The fourth-order valence-corrected chi connectivity index (χ4v) is 1.62. The summed E-state index contributed by atoms with van der Waals surface area (Å²) in [6, 6.07) is 4.77. The van der Waals surface area contributed by atoms with E-state index in [1.807, 2.05) is 6.92 Å². The Morgan fingerprint density at radius 2 is 2.06 bits per heavy atom. The SMILES string of the molecule is CCN(CC(N)=O)c1cc(C(=O)OC)ccc1N. The maximum absolute atomic E-state index is 11.4. The Morgan fingerprint density at radius 3 is 2.56 bits per heavy atom. The average molecular weight is 251 g/mol. The summed E-state index contributed by atoms with van der Waals surface area (Å²) in [5, 5.41) is 0. The van der Waals surface area contributed by atoms with Gasteiger partial charge in [0.05, 0.1) is 30.6 Å². The molecule has 4 N–H and O–H groups in total. The van der Waals surface area contributed by atoms with E-state index in [0.29, 0.717) is 23.5 Å². The first-order valence-electron chi connectivity index (χ1n) is 5.50. The summed E-state index contributed by atoms with van der Waals surface area (Å²) >= 11 is 0. The Hall–Kier alpha value is -2.24. The highest BCUT2D eigenvalue weighted by molar-refractivity contribution is 5.92. The second-order valence-electron chi connectivity index (χ2n) is 3.75. The van der Waals surface area contributed by atoms with E-state index in [1.54, 1.807) is 23.1 Å². The number of primary amides is 1. The zero-order chi connectivity index (χ0) is 13.7. The third-order valence-corrected chi connectivity index (χ3v) is 2.52. The van der Waals surface area contributed by atoms with Gasteiger partial charge in [0.2, 0.25) is 5.91 Å². The number of hydrogen-bond donors (Lipinski definition) is 2. The topological polar surface area (TPSA) is 98.6 Å². The normalized spacial score (nSPS) is 9.89. The molecule has 18 heavy (non-hydrogen) atoms. The number of methoxy groups -OCH3 is 1. The molecule has 0 heterocycles. The van der Waals surface area contributed by atoms with E-state index < -0.39 is 11.9 Å². The molecule has 0 aliphatic rings. The molecule has 0 saturated heterocycles. The fourth-order valence-electron chi connectivity index (χ4n) is 1.62. The molecule has 0 aliphatic carbocycles. The maximum atomic E-state index is 11.4. The van der Waals surface area contributed by atoms with Crippen molar-refractivity contribution in [1.29, 1.82) is 0 Å². The van der Waals surface area contributed by atoms with Crippen molar-refractivity contribution >= 4 is 23.3 Å². The number of likely N-dealkylation sites (N-methyl/N-ethyl adjacent to an activating group) is 1. The summed E-state index contributed by atoms with van der Waals surface area (Å²) in [4.78, 5) is 24.1. The van der Waals surface area contributed by atoms with Crippen molar-refractivity contribution < 1.29 is 14.3 Å². The molecular weight excluding hydrogens is 234 g/mol. The van der Waals surface area contributed by atoms with Gasteiger partial charge in [0.25, 0.3) is 0 Å². The number of anilines is 2. The minimum absolute atomic E-state index is 0.0470. The van der Waals surface area contributed by atoms with Gasteiger partial charge in [0.15, 0.2) is 0 Å². The van der Waals surface area contributed by atoms with Crippen molar-refractivity contribution in [2.24, 2.45) is 5.73 Å². The van der Waals surface area contributed by atoms with Crippen LogP contribution >= 0.6 is 0 Å². The quantitative estimate of drug-likeness (QED) is 0.581. The third kappa shape index (κ3) is 3.13. The Kier molecular flexibility index (Phi) is 4.53. The van der Waals surface area contributed by atoms with E-state index in [0.717, 1.165) is 0 Å². The maximum Gasteiger partial charge on any atom is 0.337 e. The van der Waals surface area contributed by atoms with Crippen molar-refractivity contribution in [2.45, 2.75) is 6.92 Å². The van der Waals surface area contributed by atoms with E-state index >= 15 is 0 Å². The van der Waals surface area contributed by atoms with Crippen LogP contribution in [0, 0.1) is 0 Å². The number of nitrogens with zero attached hydrogens (tertiary/aromatic N) is 1. The summed E-state index contributed by atoms with van der Waals surface area (Å²) in [6.45, 7) is 2.47. The Morgan fingerprint density at radius 1 is 1.39 bits per heavy atom. The second-order valence-corrected chi connectivity index (χ2v) is 3.75. The minimum Gasteiger partial charge on any atom is -0.465 e.